The third kappa shape index (κ3) is 2.75. The van der Waals surface area contributed by atoms with E-state index in [1.807, 2.05) is 0 Å². The fraction of sp³-hybridized carbons (Fsp3) is 0.286. The van der Waals surface area contributed by atoms with Crippen LogP contribution in [0.15, 0.2) is 28.1 Å². The lowest BCUT2D eigenvalue weighted by Crippen LogP contribution is -1.94. The van der Waals surface area contributed by atoms with Crippen LogP contribution in [0, 0.1) is 20.8 Å². The van der Waals surface area contributed by atoms with Crippen molar-refractivity contribution in [2.24, 2.45) is 0 Å². The van der Waals surface area contributed by atoms with Crippen LogP contribution < -0.4 is 0 Å². The maximum atomic E-state index is 6.58. The number of alkyl halides is 1. The molecular formula is C14H14BrClS. The Balaban J connectivity index is 2.42. The lowest BCUT2D eigenvalue weighted by atomic mass is 10.0. The largest absolute Gasteiger partial charge is 0.131 e. The summed E-state index contributed by atoms with van der Waals surface area (Å²) in [6, 6.07) is 8.59. The molecule has 1 unspecified atom stereocenters. The molecule has 1 heterocycles. The molecule has 1 aromatic heterocycles. The highest BCUT2D eigenvalue weighted by molar-refractivity contribution is 9.11. The zero-order chi connectivity index (χ0) is 12.6. The summed E-state index contributed by atoms with van der Waals surface area (Å²) in [5.41, 5.74) is 4.96. The van der Waals surface area contributed by atoms with Gasteiger partial charge in [-0.25, -0.2) is 0 Å². The molecule has 2 rings (SSSR count). The molecule has 0 aliphatic heterocycles. The van der Waals surface area contributed by atoms with Crippen LogP contribution >= 0.6 is 38.9 Å². The maximum absolute atomic E-state index is 6.58. The van der Waals surface area contributed by atoms with Crippen molar-refractivity contribution in [3.05, 3.63) is 55.2 Å². The van der Waals surface area contributed by atoms with Crippen LogP contribution in [0.3, 0.4) is 0 Å². The van der Waals surface area contributed by atoms with Gasteiger partial charge in [-0.15, -0.1) is 22.9 Å². The van der Waals surface area contributed by atoms with E-state index in [4.69, 9.17) is 11.6 Å². The number of hydrogen-bond acceptors (Lipinski definition) is 1. The molecule has 0 N–H and O–H groups in total. The summed E-state index contributed by atoms with van der Waals surface area (Å²) >= 11 is 11.9. The predicted octanol–water partition coefficient (Wildman–Crippen LogP) is 5.76. The highest BCUT2D eigenvalue weighted by Gasteiger charge is 2.16. The van der Waals surface area contributed by atoms with E-state index >= 15 is 0 Å². The number of thiophene rings is 1. The fourth-order valence-corrected chi connectivity index (χ4v) is 3.79. The molecular weight excluding hydrogens is 316 g/mol. The van der Waals surface area contributed by atoms with Crippen LogP contribution in [0.4, 0.5) is 0 Å². The minimum absolute atomic E-state index is 0.0510. The number of halogens is 2. The second-order valence-corrected chi connectivity index (χ2v) is 7.17. The summed E-state index contributed by atoms with van der Waals surface area (Å²) in [6.07, 6.45) is 0. The highest BCUT2D eigenvalue weighted by atomic mass is 79.9. The van der Waals surface area contributed by atoms with E-state index in [-0.39, 0.29) is 5.38 Å². The Morgan fingerprint density at radius 3 is 2.41 bits per heavy atom. The molecule has 0 nitrogen and oxygen atoms in total. The van der Waals surface area contributed by atoms with Gasteiger partial charge in [-0.05, 0) is 59.5 Å². The molecule has 17 heavy (non-hydrogen) atoms. The maximum Gasteiger partial charge on any atom is 0.0930 e. The summed E-state index contributed by atoms with van der Waals surface area (Å²) < 4.78 is 1.17. The fourth-order valence-electron chi connectivity index (χ4n) is 1.79. The average Bonchev–Trinajstić information content (AvgIpc) is 2.62. The van der Waals surface area contributed by atoms with Crippen molar-refractivity contribution in [1.29, 1.82) is 0 Å². The summed E-state index contributed by atoms with van der Waals surface area (Å²) in [5, 5.41) is -0.0510. The first-order chi connectivity index (χ1) is 7.99. The van der Waals surface area contributed by atoms with Gasteiger partial charge in [-0.3, -0.25) is 0 Å². The van der Waals surface area contributed by atoms with Gasteiger partial charge in [-0.2, -0.15) is 0 Å². The van der Waals surface area contributed by atoms with Crippen molar-refractivity contribution in [2.75, 3.05) is 0 Å². The van der Waals surface area contributed by atoms with Gasteiger partial charge in [0.05, 0.1) is 9.16 Å². The number of hydrogen-bond donors (Lipinski definition) is 0. The average molecular weight is 330 g/mol. The third-order valence-corrected chi connectivity index (χ3v) is 5.63. The molecule has 0 spiro atoms. The monoisotopic (exact) mass is 328 g/mol. The molecule has 0 amide bonds. The van der Waals surface area contributed by atoms with Gasteiger partial charge in [0.2, 0.25) is 0 Å². The van der Waals surface area contributed by atoms with Gasteiger partial charge in [0.25, 0.3) is 0 Å². The van der Waals surface area contributed by atoms with Gasteiger partial charge < -0.3 is 0 Å². The molecule has 1 aromatic carbocycles. The van der Waals surface area contributed by atoms with Crippen LogP contribution in [-0.4, -0.2) is 0 Å². The van der Waals surface area contributed by atoms with Crippen molar-refractivity contribution >= 4 is 38.9 Å². The van der Waals surface area contributed by atoms with E-state index < -0.39 is 0 Å². The molecule has 90 valence electrons. The minimum Gasteiger partial charge on any atom is -0.131 e. The lowest BCUT2D eigenvalue weighted by molar-refractivity contribution is 1.13. The summed E-state index contributed by atoms with van der Waals surface area (Å²) in [6.45, 7) is 6.30. The second-order valence-electron chi connectivity index (χ2n) is 4.33. The molecule has 3 heteroatoms. The summed E-state index contributed by atoms with van der Waals surface area (Å²) in [4.78, 5) is 1.20. The Morgan fingerprint density at radius 2 is 1.82 bits per heavy atom. The van der Waals surface area contributed by atoms with E-state index in [9.17, 15) is 0 Å². The van der Waals surface area contributed by atoms with Crippen molar-refractivity contribution in [3.63, 3.8) is 0 Å². The van der Waals surface area contributed by atoms with E-state index in [0.717, 1.165) is 0 Å². The van der Waals surface area contributed by atoms with Gasteiger partial charge in [0, 0.05) is 4.88 Å². The summed E-state index contributed by atoms with van der Waals surface area (Å²) in [5.74, 6) is 0. The van der Waals surface area contributed by atoms with Crippen molar-refractivity contribution in [1.82, 2.24) is 0 Å². The van der Waals surface area contributed by atoms with Crippen molar-refractivity contribution in [2.45, 2.75) is 26.1 Å². The zero-order valence-electron chi connectivity index (χ0n) is 10.1. The molecule has 0 saturated carbocycles. The first-order valence-corrected chi connectivity index (χ1v) is 7.50. The third-order valence-electron chi connectivity index (χ3n) is 2.83. The molecule has 1 atom stereocenters. The van der Waals surface area contributed by atoms with Crippen molar-refractivity contribution in [3.8, 4) is 0 Å². The quantitative estimate of drug-likeness (QED) is 0.614. The van der Waals surface area contributed by atoms with Crippen LogP contribution in [0.2, 0.25) is 0 Å². The molecule has 0 radical (unpaired) electrons. The predicted molar refractivity (Wildman–Crippen MR) is 80.4 cm³/mol. The normalized spacial score (nSPS) is 12.8. The highest BCUT2D eigenvalue weighted by Crippen LogP contribution is 2.39. The first-order valence-electron chi connectivity index (χ1n) is 5.46. The van der Waals surface area contributed by atoms with Gasteiger partial charge in [-0.1, -0.05) is 23.8 Å². The smallest absolute Gasteiger partial charge is 0.0930 e. The number of benzene rings is 1. The molecule has 0 fully saturated rings. The van der Waals surface area contributed by atoms with Crippen molar-refractivity contribution < 1.29 is 0 Å². The van der Waals surface area contributed by atoms with E-state index in [2.05, 4.69) is 61.0 Å². The molecule has 0 aliphatic carbocycles. The molecule has 2 aromatic rings. The Hall–Kier alpha value is -0.310. The van der Waals surface area contributed by atoms with Crippen LogP contribution in [0.25, 0.3) is 0 Å². The van der Waals surface area contributed by atoms with E-state index in [1.54, 1.807) is 11.3 Å². The Bertz CT molecular complexity index is 526. The summed E-state index contributed by atoms with van der Waals surface area (Å²) in [7, 11) is 0. The Kier molecular flexibility index (Phi) is 3.96. The molecule has 0 aliphatic rings. The topological polar surface area (TPSA) is 0 Å². The number of aryl methyl sites for hydroxylation is 3. The van der Waals surface area contributed by atoms with Gasteiger partial charge in [0.1, 0.15) is 0 Å². The Labute approximate surface area is 120 Å². The standard InChI is InChI=1S/C14H14BrClS/c1-8-4-5-9(2)11(6-8)13(16)12-7-10(3)14(15)17-12/h4-7,13H,1-3H3. The van der Waals surface area contributed by atoms with Crippen LogP contribution in [0.1, 0.15) is 32.5 Å². The molecule has 0 saturated heterocycles. The first kappa shape index (κ1) is 13.1. The van der Waals surface area contributed by atoms with Crippen LogP contribution in [0.5, 0.6) is 0 Å². The van der Waals surface area contributed by atoms with E-state index in [1.165, 1.54) is 30.9 Å². The van der Waals surface area contributed by atoms with Gasteiger partial charge >= 0.3 is 0 Å². The number of rotatable bonds is 2. The Morgan fingerprint density at radius 1 is 1.12 bits per heavy atom. The minimum atomic E-state index is -0.0510. The SMILES string of the molecule is Cc1ccc(C)c(C(Cl)c2cc(C)c(Br)s2)c1. The second kappa shape index (κ2) is 5.13. The lowest BCUT2D eigenvalue weighted by Gasteiger charge is -2.12. The van der Waals surface area contributed by atoms with Crippen LogP contribution in [-0.2, 0) is 0 Å². The molecule has 0 bridgehead atoms. The zero-order valence-corrected chi connectivity index (χ0v) is 13.2. The van der Waals surface area contributed by atoms with E-state index in [0.29, 0.717) is 0 Å². The van der Waals surface area contributed by atoms with Gasteiger partial charge in [0.15, 0.2) is 0 Å².